The smallest absolute Gasteiger partial charge is 0.226 e. The van der Waals surface area contributed by atoms with Gasteiger partial charge in [-0.15, -0.1) is 24.0 Å². The number of anilines is 1. The summed E-state index contributed by atoms with van der Waals surface area (Å²) in [4.78, 5) is 16.3. The first-order chi connectivity index (χ1) is 13.0. The molecule has 0 radical (unpaired) electrons. The average molecular weight is 517 g/mol. The molecule has 1 amide bonds. The predicted molar refractivity (Wildman–Crippen MR) is 126 cm³/mol. The van der Waals surface area contributed by atoms with E-state index in [4.69, 9.17) is 16.3 Å². The Morgan fingerprint density at radius 3 is 2.61 bits per heavy atom. The molecule has 0 heterocycles. The van der Waals surface area contributed by atoms with Gasteiger partial charge in [0.15, 0.2) is 5.96 Å². The lowest BCUT2D eigenvalue weighted by Gasteiger charge is -2.14. The van der Waals surface area contributed by atoms with Gasteiger partial charge in [-0.3, -0.25) is 9.79 Å². The van der Waals surface area contributed by atoms with E-state index in [0.29, 0.717) is 30.5 Å². The van der Waals surface area contributed by atoms with Crippen LogP contribution in [0, 0.1) is 6.92 Å². The highest BCUT2D eigenvalue weighted by atomic mass is 127. The maximum Gasteiger partial charge on any atom is 0.226 e. The first kappa shape index (κ1) is 24.0. The fourth-order valence-electron chi connectivity index (χ4n) is 2.50. The van der Waals surface area contributed by atoms with E-state index >= 15 is 0 Å². The van der Waals surface area contributed by atoms with Crippen LogP contribution in [0.15, 0.2) is 47.5 Å². The van der Waals surface area contributed by atoms with E-state index in [2.05, 4.69) is 20.9 Å². The number of methoxy groups -OCH3 is 1. The van der Waals surface area contributed by atoms with Crippen LogP contribution in [0.2, 0.25) is 5.02 Å². The van der Waals surface area contributed by atoms with Crippen LogP contribution in [0.25, 0.3) is 0 Å². The fourth-order valence-corrected chi connectivity index (χ4v) is 2.67. The van der Waals surface area contributed by atoms with Gasteiger partial charge in [0.1, 0.15) is 5.75 Å². The second kappa shape index (κ2) is 12.5. The lowest BCUT2D eigenvalue weighted by Crippen LogP contribution is -2.38. The predicted octanol–water partition coefficient (Wildman–Crippen LogP) is 3.97. The molecule has 6 nitrogen and oxygen atoms in total. The molecule has 152 valence electrons. The summed E-state index contributed by atoms with van der Waals surface area (Å²) in [5, 5.41) is 9.85. The number of carbonyl (C=O) groups excluding carboxylic acids is 1. The molecule has 0 saturated carbocycles. The van der Waals surface area contributed by atoms with Crippen molar-refractivity contribution in [1.29, 1.82) is 0 Å². The molecule has 0 unspecified atom stereocenters. The Bertz CT molecular complexity index is 815. The number of hydrogen-bond donors (Lipinski definition) is 3. The molecule has 3 N–H and O–H groups in total. The Morgan fingerprint density at radius 2 is 1.89 bits per heavy atom. The molecule has 8 heteroatoms. The molecule has 28 heavy (non-hydrogen) atoms. The van der Waals surface area contributed by atoms with Crippen LogP contribution in [-0.2, 0) is 11.3 Å². The van der Waals surface area contributed by atoms with Gasteiger partial charge < -0.3 is 20.7 Å². The summed E-state index contributed by atoms with van der Waals surface area (Å²) in [6.45, 7) is 2.90. The lowest BCUT2D eigenvalue weighted by atomic mass is 10.2. The van der Waals surface area contributed by atoms with Crippen LogP contribution in [0.4, 0.5) is 5.69 Å². The van der Waals surface area contributed by atoms with Crippen LogP contribution >= 0.6 is 35.6 Å². The number of nitrogens with zero attached hydrogens (tertiary/aromatic N) is 1. The third-order valence-electron chi connectivity index (χ3n) is 4.05. The van der Waals surface area contributed by atoms with Crippen molar-refractivity contribution in [2.75, 3.05) is 26.0 Å². The minimum Gasteiger partial charge on any atom is -0.496 e. The lowest BCUT2D eigenvalue weighted by molar-refractivity contribution is -0.116. The number of carbonyl (C=O) groups is 1. The zero-order valence-electron chi connectivity index (χ0n) is 16.2. The number of guanidine groups is 1. The molecule has 0 aromatic heterocycles. The molecule has 0 atom stereocenters. The molecular weight excluding hydrogens is 491 g/mol. The Kier molecular flexibility index (Phi) is 10.7. The number of benzene rings is 2. The summed E-state index contributed by atoms with van der Waals surface area (Å²) in [5.74, 6) is 1.34. The van der Waals surface area contributed by atoms with Crippen molar-refractivity contribution in [2.24, 2.45) is 4.99 Å². The van der Waals surface area contributed by atoms with Crippen LogP contribution in [-0.4, -0.2) is 32.6 Å². The average Bonchev–Trinajstić information content (AvgIpc) is 2.68. The van der Waals surface area contributed by atoms with Crippen molar-refractivity contribution in [1.82, 2.24) is 10.6 Å². The number of para-hydroxylation sites is 1. The second-order valence-corrected chi connectivity index (χ2v) is 6.28. The quantitative estimate of drug-likeness (QED) is 0.296. The molecule has 0 saturated heterocycles. The highest BCUT2D eigenvalue weighted by Crippen LogP contribution is 2.22. The van der Waals surface area contributed by atoms with Gasteiger partial charge in [0, 0.05) is 42.8 Å². The minimum absolute atomic E-state index is 0. The van der Waals surface area contributed by atoms with Gasteiger partial charge in [0.25, 0.3) is 0 Å². The Balaban J connectivity index is 0.00000392. The SMILES string of the molecule is CN=C(NCCC(=O)Nc1cccc(Cl)c1C)NCc1ccccc1OC.I. The van der Waals surface area contributed by atoms with Crippen LogP contribution in [0.3, 0.4) is 0 Å². The molecule has 0 aliphatic carbocycles. The molecule has 0 fully saturated rings. The molecule has 0 bridgehead atoms. The zero-order valence-corrected chi connectivity index (χ0v) is 19.3. The maximum absolute atomic E-state index is 12.1. The van der Waals surface area contributed by atoms with Gasteiger partial charge in [-0.05, 0) is 30.7 Å². The first-order valence-electron chi connectivity index (χ1n) is 8.66. The molecule has 2 aromatic carbocycles. The number of halogens is 2. The summed E-state index contributed by atoms with van der Waals surface area (Å²) in [6, 6.07) is 13.2. The molecule has 0 aliphatic heterocycles. The molecule has 0 spiro atoms. The van der Waals surface area contributed by atoms with Crippen molar-refractivity contribution < 1.29 is 9.53 Å². The first-order valence-corrected chi connectivity index (χ1v) is 9.04. The summed E-state index contributed by atoms with van der Waals surface area (Å²) in [7, 11) is 3.33. The van der Waals surface area contributed by atoms with Crippen molar-refractivity contribution in [3.05, 3.63) is 58.6 Å². The van der Waals surface area contributed by atoms with Crippen molar-refractivity contribution in [2.45, 2.75) is 19.9 Å². The Hall–Kier alpha value is -2.00. The number of aliphatic imine (C=N–C) groups is 1. The van der Waals surface area contributed by atoms with E-state index in [1.165, 1.54) is 0 Å². The standard InChI is InChI=1S/C20H25ClN4O2.HI/c1-14-16(21)8-6-9-17(14)25-19(26)11-12-23-20(22-2)24-13-15-7-4-5-10-18(15)27-3;/h4-10H,11-13H2,1-3H3,(H,25,26)(H2,22,23,24);1H. The number of amides is 1. The third-order valence-corrected chi connectivity index (χ3v) is 4.46. The molecule has 2 rings (SSSR count). The van der Waals surface area contributed by atoms with Gasteiger partial charge in [-0.1, -0.05) is 35.9 Å². The van der Waals surface area contributed by atoms with Crippen LogP contribution in [0.1, 0.15) is 17.5 Å². The van der Waals surface area contributed by atoms with Crippen LogP contribution < -0.4 is 20.7 Å². The normalized spacial score (nSPS) is 10.6. The fraction of sp³-hybridized carbons (Fsp3) is 0.300. The summed E-state index contributed by atoms with van der Waals surface area (Å²) in [6.07, 6.45) is 0.307. The number of ether oxygens (including phenoxy) is 1. The van der Waals surface area contributed by atoms with E-state index in [9.17, 15) is 4.79 Å². The van der Waals surface area contributed by atoms with Gasteiger partial charge in [0.2, 0.25) is 5.91 Å². The summed E-state index contributed by atoms with van der Waals surface area (Å²) in [5.41, 5.74) is 2.61. The zero-order chi connectivity index (χ0) is 19.6. The minimum atomic E-state index is -0.0898. The summed E-state index contributed by atoms with van der Waals surface area (Å²) < 4.78 is 5.34. The molecule has 2 aromatic rings. The van der Waals surface area contributed by atoms with Crippen molar-refractivity contribution in [3.8, 4) is 5.75 Å². The van der Waals surface area contributed by atoms with Gasteiger partial charge in [-0.25, -0.2) is 0 Å². The number of nitrogens with one attached hydrogen (secondary N) is 3. The Labute approximate surface area is 188 Å². The maximum atomic E-state index is 12.1. The summed E-state index contributed by atoms with van der Waals surface area (Å²) >= 11 is 6.07. The van der Waals surface area contributed by atoms with Crippen LogP contribution in [0.5, 0.6) is 5.75 Å². The molecular formula is C20H26ClIN4O2. The van der Waals surface area contributed by atoms with E-state index < -0.39 is 0 Å². The van der Waals surface area contributed by atoms with Gasteiger partial charge in [0.05, 0.1) is 7.11 Å². The van der Waals surface area contributed by atoms with Gasteiger partial charge in [-0.2, -0.15) is 0 Å². The van der Waals surface area contributed by atoms with E-state index in [1.54, 1.807) is 20.2 Å². The number of rotatable bonds is 7. The third kappa shape index (κ3) is 7.20. The largest absolute Gasteiger partial charge is 0.496 e. The molecule has 0 aliphatic rings. The van der Waals surface area contributed by atoms with E-state index in [-0.39, 0.29) is 29.9 Å². The number of hydrogen-bond acceptors (Lipinski definition) is 3. The topological polar surface area (TPSA) is 74.8 Å². The van der Waals surface area contributed by atoms with Crippen molar-refractivity contribution in [3.63, 3.8) is 0 Å². The highest BCUT2D eigenvalue weighted by molar-refractivity contribution is 14.0. The van der Waals surface area contributed by atoms with Gasteiger partial charge >= 0.3 is 0 Å². The van der Waals surface area contributed by atoms with E-state index in [1.807, 2.05) is 43.3 Å². The van der Waals surface area contributed by atoms with E-state index in [0.717, 1.165) is 22.6 Å². The monoisotopic (exact) mass is 516 g/mol. The Morgan fingerprint density at radius 1 is 1.14 bits per heavy atom. The second-order valence-electron chi connectivity index (χ2n) is 5.87. The highest BCUT2D eigenvalue weighted by Gasteiger charge is 2.08. The van der Waals surface area contributed by atoms with Crippen molar-refractivity contribution >= 4 is 53.1 Å².